The van der Waals surface area contributed by atoms with Crippen LogP contribution < -0.4 is 5.32 Å². The first-order chi connectivity index (χ1) is 9.29. The maximum Gasteiger partial charge on any atom is 0.0417 e. The fourth-order valence-electron chi connectivity index (χ4n) is 2.79. The number of thioether (sulfide) groups is 1. The number of halogens is 1. The fourth-order valence-corrected chi connectivity index (χ4v) is 4.20. The predicted molar refractivity (Wildman–Crippen MR) is 86.2 cm³/mol. The molecule has 0 amide bonds. The molecule has 1 atom stereocenters. The molecule has 2 rings (SSSR count). The van der Waals surface area contributed by atoms with Gasteiger partial charge >= 0.3 is 0 Å². The minimum Gasteiger partial charge on any atom is -0.313 e. The van der Waals surface area contributed by atoms with Gasteiger partial charge in [-0.15, -0.1) is 11.8 Å². The second-order valence-electron chi connectivity index (χ2n) is 5.37. The molecule has 0 bridgehead atoms. The second-order valence-corrected chi connectivity index (χ2v) is 6.90. The van der Waals surface area contributed by atoms with E-state index in [4.69, 9.17) is 11.6 Å². The monoisotopic (exact) mass is 297 g/mol. The smallest absolute Gasteiger partial charge is 0.0417 e. The molecule has 1 aromatic rings. The summed E-state index contributed by atoms with van der Waals surface area (Å²) in [5.74, 6) is 2.03. The molecule has 0 saturated heterocycles. The van der Waals surface area contributed by atoms with Crippen molar-refractivity contribution in [3.63, 3.8) is 0 Å². The Kier molecular flexibility index (Phi) is 6.55. The van der Waals surface area contributed by atoms with Crippen molar-refractivity contribution in [2.75, 3.05) is 12.3 Å². The number of benzene rings is 1. The summed E-state index contributed by atoms with van der Waals surface area (Å²) in [6.45, 7) is 3.38. The highest BCUT2D eigenvalue weighted by molar-refractivity contribution is 7.99. The maximum atomic E-state index is 6.04. The molecule has 3 heteroatoms. The van der Waals surface area contributed by atoms with E-state index < -0.39 is 0 Å². The normalized spacial score (nSPS) is 17.8. The van der Waals surface area contributed by atoms with Crippen LogP contribution in [-0.2, 0) is 0 Å². The molecule has 0 spiro atoms. The maximum absolute atomic E-state index is 6.04. The van der Waals surface area contributed by atoms with Gasteiger partial charge < -0.3 is 5.32 Å². The van der Waals surface area contributed by atoms with Crippen LogP contribution in [0.1, 0.15) is 39.0 Å². The Morgan fingerprint density at radius 3 is 2.84 bits per heavy atom. The van der Waals surface area contributed by atoms with Crippen molar-refractivity contribution < 1.29 is 0 Å². The molecule has 0 aliphatic heterocycles. The molecule has 1 aromatic carbocycles. The highest BCUT2D eigenvalue weighted by Crippen LogP contribution is 2.31. The Morgan fingerprint density at radius 2 is 2.16 bits per heavy atom. The summed E-state index contributed by atoms with van der Waals surface area (Å²) in [5, 5.41) is 4.58. The van der Waals surface area contributed by atoms with E-state index in [1.807, 2.05) is 23.9 Å². The third-order valence-electron chi connectivity index (χ3n) is 3.85. The first-order valence-electron chi connectivity index (χ1n) is 7.41. The largest absolute Gasteiger partial charge is 0.313 e. The summed E-state index contributed by atoms with van der Waals surface area (Å²) in [6, 6.07) is 8.86. The van der Waals surface area contributed by atoms with Gasteiger partial charge in [0.05, 0.1) is 0 Å². The molecule has 1 fully saturated rings. The first-order valence-corrected chi connectivity index (χ1v) is 8.77. The van der Waals surface area contributed by atoms with Crippen molar-refractivity contribution >= 4 is 23.4 Å². The van der Waals surface area contributed by atoms with Crippen molar-refractivity contribution in [1.82, 2.24) is 5.32 Å². The van der Waals surface area contributed by atoms with Gasteiger partial charge in [-0.05, 0) is 49.9 Å². The van der Waals surface area contributed by atoms with Crippen LogP contribution in [0.25, 0.3) is 0 Å². The average molecular weight is 298 g/mol. The number of hydrogen-bond donors (Lipinski definition) is 1. The van der Waals surface area contributed by atoms with Crippen LogP contribution in [0, 0.1) is 5.92 Å². The Hall–Kier alpha value is -0.180. The first kappa shape index (κ1) is 15.2. The highest BCUT2D eigenvalue weighted by atomic mass is 35.5. The Morgan fingerprint density at radius 1 is 1.37 bits per heavy atom. The molecule has 106 valence electrons. The molecule has 1 aliphatic rings. The van der Waals surface area contributed by atoms with Crippen molar-refractivity contribution in [3.8, 4) is 0 Å². The third-order valence-corrected chi connectivity index (χ3v) is 5.20. The number of hydrogen-bond acceptors (Lipinski definition) is 2. The fraction of sp³-hybridized carbons (Fsp3) is 0.625. The van der Waals surface area contributed by atoms with Crippen LogP contribution in [0.15, 0.2) is 29.2 Å². The van der Waals surface area contributed by atoms with E-state index in [0.717, 1.165) is 23.2 Å². The molecule has 1 aliphatic carbocycles. The minimum atomic E-state index is 0.659. The van der Waals surface area contributed by atoms with E-state index in [0.29, 0.717) is 6.04 Å². The molecular weight excluding hydrogens is 274 g/mol. The molecule has 1 saturated carbocycles. The minimum absolute atomic E-state index is 0.659. The zero-order chi connectivity index (χ0) is 13.5. The molecule has 1 unspecified atom stereocenters. The van der Waals surface area contributed by atoms with Gasteiger partial charge in [-0.2, -0.15) is 0 Å². The zero-order valence-corrected chi connectivity index (χ0v) is 13.3. The molecule has 0 heterocycles. The van der Waals surface area contributed by atoms with E-state index in [2.05, 4.69) is 24.4 Å². The van der Waals surface area contributed by atoms with E-state index in [1.165, 1.54) is 37.0 Å². The molecule has 19 heavy (non-hydrogen) atoms. The van der Waals surface area contributed by atoms with Crippen molar-refractivity contribution in [3.05, 3.63) is 29.3 Å². The molecular formula is C16H24ClNS. The van der Waals surface area contributed by atoms with Gasteiger partial charge in [0.15, 0.2) is 0 Å². The number of nitrogens with one attached hydrogen (secondary N) is 1. The van der Waals surface area contributed by atoms with Crippen LogP contribution in [0.3, 0.4) is 0 Å². The lowest BCUT2D eigenvalue weighted by Gasteiger charge is -2.24. The van der Waals surface area contributed by atoms with E-state index in [1.54, 1.807) is 0 Å². The molecule has 1 N–H and O–H groups in total. The summed E-state index contributed by atoms with van der Waals surface area (Å²) in [5.41, 5.74) is 0. The van der Waals surface area contributed by atoms with Crippen LogP contribution in [0.5, 0.6) is 0 Å². The lowest BCUT2D eigenvalue weighted by Crippen LogP contribution is -2.37. The average Bonchev–Trinajstić information content (AvgIpc) is 2.93. The molecule has 0 aromatic heterocycles. The van der Waals surface area contributed by atoms with E-state index >= 15 is 0 Å². The van der Waals surface area contributed by atoms with Crippen molar-refractivity contribution in [1.29, 1.82) is 0 Å². The Balaban J connectivity index is 1.88. The van der Waals surface area contributed by atoms with Gasteiger partial charge in [-0.1, -0.05) is 37.4 Å². The van der Waals surface area contributed by atoms with Crippen LogP contribution >= 0.6 is 23.4 Å². The quantitative estimate of drug-likeness (QED) is 0.712. The SMILES string of the molecule is CCCNC(CSc1cccc(Cl)c1)C1CCCC1. The second kappa shape index (κ2) is 8.18. The highest BCUT2D eigenvalue weighted by Gasteiger charge is 2.24. The van der Waals surface area contributed by atoms with Gasteiger partial charge in [-0.25, -0.2) is 0 Å². The van der Waals surface area contributed by atoms with Gasteiger partial charge in [0.25, 0.3) is 0 Å². The Bertz CT molecular complexity index is 377. The topological polar surface area (TPSA) is 12.0 Å². The van der Waals surface area contributed by atoms with E-state index in [9.17, 15) is 0 Å². The molecule has 0 radical (unpaired) electrons. The third kappa shape index (κ3) is 5.02. The van der Waals surface area contributed by atoms with E-state index in [-0.39, 0.29) is 0 Å². The number of rotatable bonds is 7. The van der Waals surface area contributed by atoms with Crippen molar-refractivity contribution in [2.24, 2.45) is 5.92 Å². The van der Waals surface area contributed by atoms with Crippen LogP contribution in [-0.4, -0.2) is 18.3 Å². The van der Waals surface area contributed by atoms with Gasteiger partial charge in [0.2, 0.25) is 0 Å². The summed E-state index contributed by atoms with van der Waals surface area (Å²) in [6.07, 6.45) is 6.84. The summed E-state index contributed by atoms with van der Waals surface area (Å²) < 4.78 is 0. The van der Waals surface area contributed by atoms with Gasteiger partial charge in [0.1, 0.15) is 0 Å². The lowest BCUT2D eigenvalue weighted by molar-refractivity contribution is 0.388. The van der Waals surface area contributed by atoms with Gasteiger partial charge in [0, 0.05) is 21.7 Å². The lowest BCUT2D eigenvalue weighted by atomic mass is 10.00. The standard InChI is InChI=1S/C16H24ClNS/c1-2-10-18-16(13-6-3-4-7-13)12-19-15-9-5-8-14(17)11-15/h5,8-9,11,13,16,18H,2-4,6-7,10,12H2,1H3. The van der Waals surface area contributed by atoms with Crippen molar-refractivity contribution in [2.45, 2.75) is 50.0 Å². The zero-order valence-electron chi connectivity index (χ0n) is 11.7. The van der Waals surface area contributed by atoms with Crippen LogP contribution in [0.4, 0.5) is 0 Å². The molecule has 1 nitrogen and oxygen atoms in total. The Labute approximate surface area is 126 Å². The van der Waals surface area contributed by atoms with Gasteiger partial charge in [-0.3, -0.25) is 0 Å². The summed E-state index contributed by atoms with van der Waals surface area (Å²) in [7, 11) is 0. The summed E-state index contributed by atoms with van der Waals surface area (Å²) >= 11 is 7.97. The summed E-state index contributed by atoms with van der Waals surface area (Å²) in [4.78, 5) is 1.29. The van der Waals surface area contributed by atoms with Crippen LogP contribution in [0.2, 0.25) is 5.02 Å². The predicted octanol–water partition coefficient (Wildman–Crippen LogP) is 4.99.